The normalized spacial score (nSPS) is 50.0. The van der Waals surface area contributed by atoms with Crippen LogP contribution in [0.25, 0.3) is 0 Å². The second-order valence-electron chi connectivity index (χ2n) is 19.5. The second kappa shape index (κ2) is 20.0. The molecule has 63 heavy (non-hydrogen) atoms. The van der Waals surface area contributed by atoms with Crippen LogP contribution in [0.1, 0.15) is 100 Å². The van der Waals surface area contributed by atoms with E-state index in [9.17, 15) is 25.2 Å². The molecule has 7 aliphatic rings. The summed E-state index contributed by atoms with van der Waals surface area (Å²) in [5.74, 6) is -3.19. The highest BCUT2D eigenvalue weighted by atomic mass is 16.7. The van der Waals surface area contributed by atoms with Crippen LogP contribution in [0.4, 0.5) is 0 Å². The molecule has 0 aromatic heterocycles. The predicted molar refractivity (Wildman–Crippen MR) is 229 cm³/mol. The third-order valence-electron chi connectivity index (χ3n) is 15.0. The number of methoxy groups -OCH3 is 2. The standard InChI is InChI=1S/C48H74O15/c1-11-24(2)43-28(6)35(49)22-47(63-43)21-33-18-32(62-47)16-15-26(4)42(25(3)13-12-14-31-23-56-45-40(50)27(5)17-34(46(52)59-33)48(31,45)53)60-39-20-37(55-10)44(30(8)58-39)61-38-19-36(54-9)41(51)29(7)57-38/h12-15,17,24-25,28-30,32-45,49-51,53H,11,16,18-23H2,1-10H3/b13-12+,26-15+,31-14+/t24?,25-,28-,29-,30-,32+,33-,34-,35-,36-,37-,38-,39-,40+,41-,42-,43+,44-,45+,47-,48+/m0/s1. The number of aliphatic hydroxyl groups excluding tert-OH is 3. The molecule has 15 nitrogen and oxygen atoms in total. The first-order chi connectivity index (χ1) is 29.9. The number of carbonyl (C=O) groups excluding carboxylic acids is 1. The van der Waals surface area contributed by atoms with E-state index in [1.165, 1.54) is 0 Å². The molecule has 0 saturated carbocycles. The Kier molecular flexibility index (Phi) is 15.5. The molecular formula is C48H74O15. The maximum absolute atomic E-state index is 14.4. The lowest BCUT2D eigenvalue weighted by Gasteiger charge is -2.52. The molecule has 21 atom stereocenters. The molecule has 0 amide bonds. The first kappa shape index (κ1) is 48.8. The van der Waals surface area contributed by atoms with E-state index in [-0.39, 0.29) is 43.3 Å². The molecule has 1 aliphatic carbocycles. The molecule has 356 valence electrons. The van der Waals surface area contributed by atoms with Crippen LogP contribution in [-0.2, 0) is 52.2 Å². The second-order valence-corrected chi connectivity index (χ2v) is 19.5. The van der Waals surface area contributed by atoms with Crippen LogP contribution in [0.3, 0.4) is 0 Å². The largest absolute Gasteiger partial charge is 0.462 e. The van der Waals surface area contributed by atoms with Crippen molar-refractivity contribution in [3.63, 3.8) is 0 Å². The predicted octanol–water partition coefficient (Wildman–Crippen LogP) is 4.57. The van der Waals surface area contributed by atoms with Gasteiger partial charge in [-0.25, -0.2) is 0 Å². The zero-order valence-electron chi connectivity index (χ0n) is 38.8. The van der Waals surface area contributed by atoms with Crippen LogP contribution in [0.2, 0.25) is 0 Å². The number of fused-ring (bicyclic) bond motifs is 2. The van der Waals surface area contributed by atoms with Crippen molar-refractivity contribution in [3.8, 4) is 0 Å². The Hall–Kier alpha value is -2.09. The summed E-state index contributed by atoms with van der Waals surface area (Å²) in [5.41, 5.74) is 0.0234. The summed E-state index contributed by atoms with van der Waals surface area (Å²) in [4.78, 5) is 14.4. The molecule has 1 spiro atoms. The molecule has 5 fully saturated rings. The fourth-order valence-electron chi connectivity index (χ4n) is 11.0. The molecule has 6 heterocycles. The van der Waals surface area contributed by atoms with Gasteiger partial charge in [-0.3, -0.25) is 4.79 Å². The number of esters is 1. The first-order valence-corrected chi connectivity index (χ1v) is 23.3. The molecule has 7 rings (SSSR count). The van der Waals surface area contributed by atoms with Crippen LogP contribution in [0.5, 0.6) is 0 Å². The molecule has 0 radical (unpaired) electrons. The van der Waals surface area contributed by atoms with Gasteiger partial charge in [-0.1, -0.05) is 64.5 Å². The molecule has 0 aromatic carbocycles. The van der Waals surface area contributed by atoms with E-state index >= 15 is 0 Å². The lowest BCUT2D eigenvalue weighted by Crippen LogP contribution is -2.60. The van der Waals surface area contributed by atoms with Gasteiger partial charge in [0.2, 0.25) is 0 Å². The molecule has 5 saturated heterocycles. The number of hydrogen-bond acceptors (Lipinski definition) is 15. The van der Waals surface area contributed by atoms with Crippen LogP contribution in [0, 0.1) is 23.7 Å². The monoisotopic (exact) mass is 891 g/mol. The van der Waals surface area contributed by atoms with E-state index < -0.39 is 109 Å². The summed E-state index contributed by atoms with van der Waals surface area (Å²) in [5, 5.41) is 45.7. The Morgan fingerprint density at radius 1 is 0.889 bits per heavy atom. The zero-order chi connectivity index (χ0) is 45.5. The van der Waals surface area contributed by atoms with Crippen LogP contribution >= 0.6 is 0 Å². The lowest BCUT2D eigenvalue weighted by atomic mass is 9.71. The summed E-state index contributed by atoms with van der Waals surface area (Å²) in [6, 6.07) is 0. The van der Waals surface area contributed by atoms with Crippen molar-refractivity contribution in [2.24, 2.45) is 23.7 Å². The van der Waals surface area contributed by atoms with Gasteiger partial charge in [0.25, 0.3) is 0 Å². The number of allylic oxidation sites excluding steroid dienone is 2. The van der Waals surface area contributed by atoms with Gasteiger partial charge in [0.1, 0.15) is 42.0 Å². The summed E-state index contributed by atoms with van der Waals surface area (Å²) >= 11 is 0. The quantitative estimate of drug-likeness (QED) is 0.196. The SMILES string of the molecule is CCC(C)[C@H]1O[C@@]2(C[C@@H]3C[C@@H](C/C=C(\C)[C@@H](O[C@H]4C[C@H](OC)[C@@H](O[C@H]5C[C@H](OC)[C@@H](O)[C@H](C)O5)[C@H](C)O4)[C@@H](C)/C=C/C=C4\CO[C@@H]5[C@H](O)C(C)=C[C@@H](C(=O)O3)[C@]45O)O2)C[C@H](O)[C@@H]1C. The number of hydrogen-bond donors (Lipinski definition) is 4. The maximum atomic E-state index is 14.4. The minimum Gasteiger partial charge on any atom is -0.462 e. The van der Waals surface area contributed by atoms with Gasteiger partial charge >= 0.3 is 5.97 Å². The van der Waals surface area contributed by atoms with Crippen molar-refractivity contribution in [3.05, 3.63) is 47.1 Å². The summed E-state index contributed by atoms with van der Waals surface area (Å²) < 4.78 is 63.6. The molecule has 0 aromatic rings. The Balaban J connectivity index is 1.19. The minimum absolute atomic E-state index is 0.0109. The molecule has 6 aliphatic heterocycles. The van der Waals surface area contributed by atoms with Crippen molar-refractivity contribution >= 4 is 5.97 Å². The van der Waals surface area contributed by atoms with Crippen molar-refractivity contribution in [2.45, 2.75) is 204 Å². The van der Waals surface area contributed by atoms with Gasteiger partial charge < -0.3 is 67.8 Å². The van der Waals surface area contributed by atoms with Crippen molar-refractivity contribution in [2.75, 3.05) is 20.8 Å². The minimum atomic E-state index is -1.87. The van der Waals surface area contributed by atoms with E-state index in [1.54, 1.807) is 40.2 Å². The fourth-order valence-corrected chi connectivity index (χ4v) is 11.0. The smallest absolute Gasteiger partial charge is 0.316 e. The highest BCUT2D eigenvalue weighted by molar-refractivity contribution is 5.78. The highest BCUT2D eigenvalue weighted by Gasteiger charge is 2.60. The summed E-state index contributed by atoms with van der Waals surface area (Å²) in [6.07, 6.45) is 3.00. The zero-order valence-corrected chi connectivity index (χ0v) is 38.8. The van der Waals surface area contributed by atoms with E-state index in [1.807, 2.05) is 39.8 Å². The van der Waals surface area contributed by atoms with Gasteiger partial charge in [0, 0.05) is 58.2 Å². The molecule has 2 bridgehead atoms. The van der Waals surface area contributed by atoms with E-state index in [0.29, 0.717) is 36.8 Å². The average Bonchev–Trinajstić information content (AvgIpc) is 3.59. The number of ether oxygens (including phenoxy) is 10. The topological polar surface area (TPSA) is 190 Å². The Labute approximate surface area is 373 Å². The average molecular weight is 891 g/mol. The first-order valence-electron chi connectivity index (χ1n) is 23.3. The van der Waals surface area contributed by atoms with E-state index in [2.05, 4.69) is 19.9 Å². The van der Waals surface area contributed by atoms with Gasteiger partial charge in [0.05, 0.1) is 55.4 Å². The van der Waals surface area contributed by atoms with Crippen LogP contribution in [0.15, 0.2) is 47.1 Å². The number of rotatable bonds is 8. The third-order valence-corrected chi connectivity index (χ3v) is 15.0. The van der Waals surface area contributed by atoms with Gasteiger partial charge in [0.15, 0.2) is 18.4 Å². The Morgan fingerprint density at radius 3 is 2.30 bits per heavy atom. The van der Waals surface area contributed by atoms with Crippen molar-refractivity contribution in [1.29, 1.82) is 0 Å². The van der Waals surface area contributed by atoms with Crippen molar-refractivity contribution in [1.82, 2.24) is 0 Å². The fraction of sp³-hybridized carbons (Fsp3) is 0.812. The Bertz CT molecular complexity index is 1710. The van der Waals surface area contributed by atoms with E-state index in [4.69, 9.17) is 47.4 Å². The van der Waals surface area contributed by atoms with Crippen molar-refractivity contribution < 1.29 is 72.6 Å². The van der Waals surface area contributed by atoms with Gasteiger partial charge in [-0.05, 0) is 56.8 Å². The number of aliphatic hydroxyl groups is 4. The summed E-state index contributed by atoms with van der Waals surface area (Å²) in [7, 11) is 3.20. The third kappa shape index (κ3) is 9.98. The Morgan fingerprint density at radius 2 is 1.59 bits per heavy atom. The van der Waals surface area contributed by atoms with Gasteiger partial charge in [-0.2, -0.15) is 0 Å². The highest BCUT2D eigenvalue weighted by Crippen LogP contribution is 2.48. The molecule has 4 N–H and O–H groups in total. The lowest BCUT2D eigenvalue weighted by molar-refractivity contribution is -0.354. The number of carbonyl (C=O) groups is 1. The molecule has 1 unspecified atom stereocenters. The molecular weight excluding hydrogens is 817 g/mol. The van der Waals surface area contributed by atoms with E-state index in [0.717, 1.165) is 12.0 Å². The maximum Gasteiger partial charge on any atom is 0.316 e. The molecule has 15 heteroatoms. The summed E-state index contributed by atoms with van der Waals surface area (Å²) in [6.45, 7) is 15.7. The van der Waals surface area contributed by atoms with Crippen LogP contribution in [-0.4, -0.2) is 151 Å². The van der Waals surface area contributed by atoms with Gasteiger partial charge in [-0.15, -0.1) is 0 Å². The van der Waals surface area contributed by atoms with Crippen LogP contribution < -0.4 is 0 Å².